The monoisotopic (exact) mass is 310 g/mol. The van der Waals surface area contributed by atoms with E-state index in [9.17, 15) is 8.42 Å². The van der Waals surface area contributed by atoms with Gasteiger partial charge in [0.25, 0.3) is 0 Å². The molecule has 21 heavy (non-hydrogen) atoms. The molecule has 1 aromatic carbocycles. The minimum atomic E-state index is -3.26. The number of hydrogen-bond donors (Lipinski definition) is 2. The molecule has 0 aliphatic heterocycles. The molecule has 4 nitrogen and oxygen atoms in total. The van der Waals surface area contributed by atoms with E-state index in [1.165, 1.54) is 0 Å². The van der Waals surface area contributed by atoms with E-state index in [-0.39, 0.29) is 11.8 Å². The molecule has 1 aromatic rings. The molecule has 1 saturated carbocycles. The lowest BCUT2D eigenvalue weighted by Gasteiger charge is -2.17. The molecule has 0 amide bonds. The summed E-state index contributed by atoms with van der Waals surface area (Å²) >= 11 is 0. The minimum Gasteiger partial charge on any atom is -0.313 e. The number of hydrogen-bond acceptors (Lipinski definition) is 3. The van der Waals surface area contributed by atoms with Crippen LogP contribution >= 0.6 is 0 Å². The molecule has 1 fully saturated rings. The molecule has 2 N–H and O–H groups in total. The lowest BCUT2D eigenvalue weighted by molar-refractivity contribution is 0.476. The maximum Gasteiger partial charge on any atom is 0.216 e. The molecule has 1 aliphatic carbocycles. The maximum absolute atomic E-state index is 12.3. The first kappa shape index (κ1) is 16.5. The largest absolute Gasteiger partial charge is 0.313 e. The Morgan fingerprint density at radius 2 is 2.00 bits per heavy atom. The van der Waals surface area contributed by atoms with E-state index in [0.717, 1.165) is 43.5 Å². The zero-order chi connectivity index (χ0) is 15.3. The molecule has 0 bridgehead atoms. The second kappa shape index (κ2) is 7.38. The third-order valence-corrected chi connectivity index (χ3v) is 5.49. The van der Waals surface area contributed by atoms with Crippen LogP contribution in [-0.2, 0) is 22.3 Å². The van der Waals surface area contributed by atoms with Crippen molar-refractivity contribution >= 4 is 10.0 Å². The number of nitrogens with one attached hydrogen (secondary N) is 2. The molecule has 0 saturated heterocycles. The smallest absolute Gasteiger partial charge is 0.216 e. The maximum atomic E-state index is 12.3. The van der Waals surface area contributed by atoms with Crippen LogP contribution in [0, 0.1) is 5.92 Å². The summed E-state index contributed by atoms with van der Waals surface area (Å²) in [5.74, 6) is 0.510. The summed E-state index contributed by atoms with van der Waals surface area (Å²) in [6.07, 6.45) is 3.19. The van der Waals surface area contributed by atoms with Crippen LogP contribution in [0.3, 0.4) is 0 Å². The first-order chi connectivity index (χ1) is 10.00. The lowest BCUT2D eigenvalue weighted by atomic mass is 10.1. The van der Waals surface area contributed by atoms with Gasteiger partial charge in [-0.05, 0) is 36.4 Å². The van der Waals surface area contributed by atoms with E-state index < -0.39 is 10.0 Å². The zero-order valence-corrected chi connectivity index (χ0v) is 13.7. The van der Waals surface area contributed by atoms with Gasteiger partial charge in [0.2, 0.25) is 10.0 Å². The number of benzene rings is 1. The predicted molar refractivity (Wildman–Crippen MR) is 86.4 cm³/mol. The molecular weight excluding hydrogens is 284 g/mol. The van der Waals surface area contributed by atoms with E-state index in [0.29, 0.717) is 5.92 Å². The van der Waals surface area contributed by atoms with Gasteiger partial charge in [0.1, 0.15) is 0 Å². The van der Waals surface area contributed by atoms with Crippen LogP contribution in [0.4, 0.5) is 0 Å². The van der Waals surface area contributed by atoms with Crippen molar-refractivity contribution in [2.45, 2.75) is 51.4 Å². The Labute approximate surface area is 128 Å². The van der Waals surface area contributed by atoms with Crippen molar-refractivity contribution in [3.05, 3.63) is 35.4 Å². The molecule has 0 radical (unpaired) electrons. The molecule has 0 spiro atoms. The second-order valence-electron chi connectivity index (χ2n) is 5.99. The fraction of sp³-hybridized carbons (Fsp3) is 0.625. The first-order valence-electron chi connectivity index (χ1n) is 7.78. The topological polar surface area (TPSA) is 58.2 Å². The Balaban J connectivity index is 1.99. The van der Waals surface area contributed by atoms with Crippen LogP contribution in [0.5, 0.6) is 0 Å². The van der Waals surface area contributed by atoms with Crippen molar-refractivity contribution in [1.29, 1.82) is 0 Å². The number of sulfonamides is 1. The van der Waals surface area contributed by atoms with E-state index >= 15 is 0 Å². The summed E-state index contributed by atoms with van der Waals surface area (Å²) < 4.78 is 27.5. The van der Waals surface area contributed by atoms with Gasteiger partial charge in [-0.3, -0.25) is 0 Å². The van der Waals surface area contributed by atoms with Crippen LogP contribution in [0.1, 0.15) is 44.2 Å². The van der Waals surface area contributed by atoms with E-state index in [1.807, 2.05) is 24.3 Å². The Morgan fingerprint density at radius 1 is 1.24 bits per heavy atom. The van der Waals surface area contributed by atoms with Gasteiger partial charge in [-0.15, -0.1) is 0 Å². The van der Waals surface area contributed by atoms with Gasteiger partial charge in [-0.1, -0.05) is 44.5 Å². The molecule has 5 heteroatoms. The average molecular weight is 310 g/mol. The van der Waals surface area contributed by atoms with Crippen molar-refractivity contribution in [1.82, 2.24) is 10.0 Å². The van der Waals surface area contributed by atoms with E-state index in [4.69, 9.17) is 0 Å². The molecule has 2 atom stereocenters. The average Bonchev–Trinajstić information content (AvgIpc) is 2.81. The molecule has 118 valence electrons. The van der Waals surface area contributed by atoms with Crippen molar-refractivity contribution < 1.29 is 8.42 Å². The fourth-order valence-corrected chi connectivity index (χ4v) is 4.42. The SMILES string of the molecule is CCNCc1cccc(CS(=O)(=O)NC2CCCC2C)c1. The summed E-state index contributed by atoms with van der Waals surface area (Å²) in [7, 11) is -3.26. The molecule has 1 aliphatic rings. The molecule has 0 aromatic heterocycles. The van der Waals surface area contributed by atoms with Gasteiger partial charge in [-0.25, -0.2) is 13.1 Å². The summed E-state index contributed by atoms with van der Waals surface area (Å²) in [5, 5.41) is 3.25. The fourth-order valence-electron chi connectivity index (χ4n) is 2.91. The van der Waals surface area contributed by atoms with Gasteiger partial charge in [-0.2, -0.15) is 0 Å². The summed E-state index contributed by atoms with van der Waals surface area (Å²) in [6, 6.07) is 7.91. The van der Waals surface area contributed by atoms with E-state index in [1.54, 1.807) is 0 Å². The lowest BCUT2D eigenvalue weighted by Crippen LogP contribution is -2.37. The van der Waals surface area contributed by atoms with Crippen LogP contribution in [0.25, 0.3) is 0 Å². The quantitative estimate of drug-likeness (QED) is 0.813. The second-order valence-corrected chi connectivity index (χ2v) is 7.75. The third-order valence-electron chi connectivity index (χ3n) is 4.12. The Morgan fingerprint density at radius 3 is 2.67 bits per heavy atom. The van der Waals surface area contributed by atoms with Crippen LogP contribution in [0.15, 0.2) is 24.3 Å². The molecule has 2 unspecified atom stereocenters. The summed E-state index contributed by atoms with van der Waals surface area (Å²) in [6.45, 7) is 5.86. The molecule has 2 rings (SSSR count). The standard InChI is InChI=1S/C16H26N2O2S/c1-3-17-11-14-7-5-8-15(10-14)12-21(19,20)18-16-9-4-6-13(16)2/h5,7-8,10,13,16-18H,3-4,6,9,11-12H2,1-2H3. The van der Waals surface area contributed by atoms with Crippen LogP contribution < -0.4 is 10.0 Å². The molecule has 0 heterocycles. The third kappa shape index (κ3) is 5.09. The van der Waals surface area contributed by atoms with Gasteiger partial charge < -0.3 is 5.32 Å². The Bertz CT molecular complexity index is 557. The minimum absolute atomic E-state index is 0.0657. The van der Waals surface area contributed by atoms with Crippen LogP contribution in [-0.4, -0.2) is 21.0 Å². The van der Waals surface area contributed by atoms with Crippen LogP contribution in [0.2, 0.25) is 0 Å². The highest BCUT2D eigenvalue weighted by Crippen LogP contribution is 2.25. The highest BCUT2D eigenvalue weighted by atomic mass is 32.2. The highest BCUT2D eigenvalue weighted by Gasteiger charge is 2.27. The Hall–Kier alpha value is -0.910. The van der Waals surface area contributed by atoms with E-state index in [2.05, 4.69) is 23.9 Å². The van der Waals surface area contributed by atoms with Crippen molar-refractivity contribution in [2.75, 3.05) is 6.54 Å². The van der Waals surface area contributed by atoms with Gasteiger partial charge in [0, 0.05) is 12.6 Å². The summed E-state index contributed by atoms with van der Waals surface area (Å²) in [4.78, 5) is 0. The summed E-state index contributed by atoms with van der Waals surface area (Å²) in [5.41, 5.74) is 1.97. The normalized spacial score (nSPS) is 22.6. The van der Waals surface area contributed by atoms with Crippen molar-refractivity contribution in [2.24, 2.45) is 5.92 Å². The number of rotatable bonds is 7. The van der Waals surface area contributed by atoms with Gasteiger partial charge >= 0.3 is 0 Å². The zero-order valence-electron chi connectivity index (χ0n) is 12.9. The Kier molecular flexibility index (Phi) is 5.79. The first-order valence-corrected chi connectivity index (χ1v) is 9.44. The van der Waals surface area contributed by atoms with Gasteiger partial charge in [0.15, 0.2) is 0 Å². The van der Waals surface area contributed by atoms with Gasteiger partial charge in [0.05, 0.1) is 5.75 Å². The highest BCUT2D eigenvalue weighted by molar-refractivity contribution is 7.88. The van der Waals surface area contributed by atoms with Crippen molar-refractivity contribution in [3.8, 4) is 0 Å². The van der Waals surface area contributed by atoms with Crippen molar-refractivity contribution in [3.63, 3.8) is 0 Å². The predicted octanol–water partition coefficient (Wildman–Crippen LogP) is 2.40. The molecular formula is C16H26N2O2S.